The summed E-state index contributed by atoms with van der Waals surface area (Å²) in [4.78, 5) is 12.7. The highest BCUT2D eigenvalue weighted by Gasteiger charge is 2.43. The van der Waals surface area contributed by atoms with Crippen LogP contribution in [-0.2, 0) is 4.79 Å². The molecular weight excluding hydrogens is 248 g/mol. The van der Waals surface area contributed by atoms with E-state index in [1.54, 1.807) is 0 Å². The lowest BCUT2D eigenvalue weighted by Gasteiger charge is -2.36. The molecule has 5 unspecified atom stereocenters. The van der Waals surface area contributed by atoms with Gasteiger partial charge < -0.3 is 10.6 Å². The van der Waals surface area contributed by atoms with Crippen molar-refractivity contribution in [3.8, 4) is 0 Å². The molecule has 0 aromatic rings. The number of nitrogens with one attached hydrogen (secondary N) is 2. The van der Waals surface area contributed by atoms with Crippen LogP contribution < -0.4 is 10.6 Å². The lowest BCUT2D eigenvalue weighted by atomic mass is 9.77. The molecule has 1 amide bonds. The molecule has 1 saturated heterocycles. The van der Waals surface area contributed by atoms with Gasteiger partial charge in [0.1, 0.15) is 0 Å². The van der Waals surface area contributed by atoms with Crippen LogP contribution in [0.3, 0.4) is 0 Å². The summed E-state index contributed by atoms with van der Waals surface area (Å²) in [5, 5.41) is 6.88. The fourth-order valence-electron chi connectivity index (χ4n) is 4.88. The monoisotopic (exact) mass is 278 g/mol. The Morgan fingerprint density at radius 1 is 1.10 bits per heavy atom. The van der Waals surface area contributed by atoms with Crippen LogP contribution in [-0.4, -0.2) is 24.5 Å². The largest absolute Gasteiger partial charge is 0.352 e. The average molecular weight is 278 g/mol. The Bertz CT molecular complexity index is 355. The van der Waals surface area contributed by atoms with Gasteiger partial charge in [0.25, 0.3) is 0 Å². The van der Waals surface area contributed by atoms with E-state index in [4.69, 9.17) is 0 Å². The van der Waals surface area contributed by atoms with E-state index in [1.807, 2.05) is 0 Å². The first-order chi connectivity index (χ1) is 9.66. The Kier molecular flexibility index (Phi) is 4.34. The Hall–Kier alpha value is -0.570. The molecule has 1 aliphatic heterocycles. The van der Waals surface area contributed by atoms with Crippen molar-refractivity contribution in [2.24, 2.45) is 23.7 Å². The molecule has 5 atom stereocenters. The zero-order valence-corrected chi connectivity index (χ0v) is 13.0. The molecule has 3 aliphatic rings. The van der Waals surface area contributed by atoms with E-state index in [0.29, 0.717) is 23.8 Å². The van der Waals surface area contributed by atoms with Crippen molar-refractivity contribution in [1.82, 2.24) is 10.6 Å². The fraction of sp³-hybridized carbons (Fsp3) is 0.941. The van der Waals surface area contributed by atoms with Gasteiger partial charge in [0.05, 0.1) is 6.04 Å². The van der Waals surface area contributed by atoms with Crippen LogP contribution in [0, 0.1) is 23.7 Å². The van der Waals surface area contributed by atoms with Crippen molar-refractivity contribution >= 4 is 5.91 Å². The number of fused-ring (bicyclic) bond motifs is 1. The molecule has 0 aromatic heterocycles. The molecule has 3 heteroatoms. The minimum Gasteiger partial charge on any atom is -0.352 e. The van der Waals surface area contributed by atoms with Gasteiger partial charge in [-0.25, -0.2) is 0 Å². The number of carbonyl (C=O) groups excluding carboxylic acids is 1. The first-order valence-electron chi connectivity index (χ1n) is 8.70. The van der Waals surface area contributed by atoms with Gasteiger partial charge in [0.2, 0.25) is 5.91 Å². The molecule has 3 nitrogen and oxygen atoms in total. The first-order valence-corrected chi connectivity index (χ1v) is 8.70. The third-order valence-corrected chi connectivity index (χ3v) is 6.03. The van der Waals surface area contributed by atoms with Crippen molar-refractivity contribution < 1.29 is 4.79 Å². The number of carbonyl (C=O) groups is 1. The summed E-state index contributed by atoms with van der Waals surface area (Å²) in [6.45, 7) is 5.66. The topological polar surface area (TPSA) is 41.1 Å². The van der Waals surface area contributed by atoms with Crippen LogP contribution in [0.25, 0.3) is 0 Å². The van der Waals surface area contributed by atoms with Gasteiger partial charge in [0.15, 0.2) is 0 Å². The van der Waals surface area contributed by atoms with E-state index < -0.39 is 0 Å². The van der Waals surface area contributed by atoms with E-state index in [1.165, 1.54) is 44.9 Å². The smallest absolute Gasteiger partial charge is 0.237 e. The van der Waals surface area contributed by atoms with E-state index in [9.17, 15) is 4.79 Å². The van der Waals surface area contributed by atoms with Gasteiger partial charge in [-0.15, -0.1) is 0 Å². The minimum absolute atomic E-state index is 0.0947. The van der Waals surface area contributed by atoms with Crippen LogP contribution in [0.2, 0.25) is 0 Å². The highest BCUT2D eigenvalue weighted by Crippen LogP contribution is 2.38. The maximum absolute atomic E-state index is 12.7. The summed E-state index contributed by atoms with van der Waals surface area (Å²) >= 11 is 0. The van der Waals surface area contributed by atoms with Gasteiger partial charge in [-0.1, -0.05) is 33.1 Å². The number of amides is 1. The molecule has 0 spiro atoms. The third kappa shape index (κ3) is 2.74. The van der Waals surface area contributed by atoms with Gasteiger partial charge >= 0.3 is 0 Å². The molecule has 114 valence electrons. The molecular formula is C17H30N2O. The summed E-state index contributed by atoms with van der Waals surface area (Å²) in [6, 6.07) is 0.510. The second-order valence-corrected chi connectivity index (χ2v) is 7.55. The van der Waals surface area contributed by atoms with Gasteiger partial charge in [-0.3, -0.25) is 4.79 Å². The number of hydrogen-bond donors (Lipinski definition) is 2. The Morgan fingerprint density at radius 3 is 2.70 bits per heavy atom. The SMILES string of the molecule is CC(C)C1CCCCC1NC(=O)C1NCC2CCCC21. The number of rotatable bonds is 3. The van der Waals surface area contributed by atoms with Gasteiger partial charge in [-0.05, 0) is 55.9 Å². The van der Waals surface area contributed by atoms with Crippen molar-refractivity contribution in [3.05, 3.63) is 0 Å². The molecule has 0 bridgehead atoms. The van der Waals surface area contributed by atoms with Crippen LogP contribution in [0.1, 0.15) is 58.8 Å². The van der Waals surface area contributed by atoms with Gasteiger partial charge in [-0.2, -0.15) is 0 Å². The Labute approximate surface area is 123 Å². The molecule has 2 N–H and O–H groups in total. The molecule has 3 rings (SSSR count). The molecule has 1 heterocycles. The second-order valence-electron chi connectivity index (χ2n) is 7.55. The van der Waals surface area contributed by atoms with Crippen molar-refractivity contribution in [3.63, 3.8) is 0 Å². The second kappa shape index (κ2) is 6.05. The van der Waals surface area contributed by atoms with E-state index >= 15 is 0 Å². The van der Waals surface area contributed by atoms with Crippen molar-refractivity contribution in [2.45, 2.75) is 70.9 Å². The lowest BCUT2D eigenvalue weighted by molar-refractivity contribution is -0.125. The lowest BCUT2D eigenvalue weighted by Crippen LogP contribution is -2.51. The predicted octanol–water partition coefficient (Wildman–Crippen LogP) is 2.71. The van der Waals surface area contributed by atoms with E-state index in [-0.39, 0.29) is 11.9 Å². The van der Waals surface area contributed by atoms with Crippen LogP contribution in [0.15, 0.2) is 0 Å². The maximum atomic E-state index is 12.7. The van der Waals surface area contributed by atoms with E-state index in [2.05, 4.69) is 24.5 Å². The minimum atomic E-state index is 0.0947. The zero-order chi connectivity index (χ0) is 14.1. The normalized spacial score (nSPS) is 40.9. The van der Waals surface area contributed by atoms with Crippen molar-refractivity contribution in [1.29, 1.82) is 0 Å². The maximum Gasteiger partial charge on any atom is 0.237 e. The zero-order valence-electron chi connectivity index (χ0n) is 13.0. The standard InChI is InChI=1S/C17H30N2O/c1-11(2)13-7-3-4-9-15(13)19-17(20)16-14-8-5-6-12(14)10-18-16/h11-16,18H,3-10H2,1-2H3,(H,19,20). The quantitative estimate of drug-likeness (QED) is 0.833. The molecule has 2 aliphatic carbocycles. The van der Waals surface area contributed by atoms with Crippen molar-refractivity contribution in [2.75, 3.05) is 6.54 Å². The van der Waals surface area contributed by atoms with Gasteiger partial charge in [0, 0.05) is 6.04 Å². The molecule has 3 fully saturated rings. The first kappa shape index (κ1) is 14.4. The summed E-state index contributed by atoms with van der Waals surface area (Å²) < 4.78 is 0. The fourth-order valence-corrected chi connectivity index (χ4v) is 4.88. The van der Waals surface area contributed by atoms with Crippen LogP contribution in [0.4, 0.5) is 0 Å². The highest BCUT2D eigenvalue weighted by molar-refractivity contribution is 5.83. The average Bonchev–Trinajstić information content (AvgIpc) is 3.01. The predicted molar refractivity (Wildman–Crippen MR) is 81.3 cm³/mol. The molecule has 2 saturated carbocycles. The Balaban J connectivity index is 1.60. The summed E-state index contributed by atoms with van der Waals surface area (Å²) in [5.41, 5.74) is 0. The number of hydrogen-bond acceptors (Lipinski definition) is 2. The summed E-state index contributed by atoms with van der Waals surface area (Å²) in [7, 11) is 0. The third-order valence-electron chi connectivity index (χ3n) is 6.03. The molecule has 0 aromatic carbocycles. The highest BCUT2D eigenvalue weighted by atomic mass is 16.2. The van der Waals surface area contributed by atoms with E-state index in [0.717, 1.165) is 12.5 Å². The van der Waals surface area contributed by atoms with Crippen LogP contribution >= 0.6 is 0 Å². The molecule has 0 radical (unpaired) electrons. The molecule has 20 heavy (non-hydrogen) atoms. The Morgan fingerprint density at radius 2 is 1.90 bits per heavy atom. The summed E-state index contributed by atoms with van der Waals surface area (Å²) in [6.07, 6.45) is 8.95. The summed E-state index contributed by atoms with van der Waals surface area (Å²) in [5.74, 6) is 3.01. The van der Waals surface area contributed by atoms with Crippen LogP contribution in [0.5, 0.6) is 0 Å².